The molecule has 0 N–H and O–H groups in total. The van der Waals surface area contributed by atoms with Crippen molar-refractivity contribution in [3.05, 3.63) is 35.8 Å². The van der Waals surface area contributed by atoms with Crippen LogP contribution < -0.4 is 0 Å². The number of amides is 2. The molecule has 2 aromatic rings. The van der Waals surface area contributed by atoms with E-state index in [1.165, 1.54) is 12.6 Å². The van der Waals surface area contributed by atoms with E-state index >= 15 is 0 Å². The van der Waals surface area contributed by atoms with E-state index in [1.54, 1.807) is 34.6 Å². The van der Waals surface area contributed by atoms with E-state index < -0.39 is 5.79 Å². The van der Waals surface area contributed by atoms with Crippen molar-refractivity contribution >= 4 is 11.8 Å². The van der Waals surface area contributed by atoms with Crippen LogP contribution in [-0.4, -0.2) is 81.6 Å². The van der Waals surface area contributed by atoms with Crippen molar-refractivity contribution in [2.24, 2.45) is 7.05 Å². The van der Waals surface area contributed by atoms with Gasteiger partial charge in [-0.3, -0.25) is 14.3 Å². The molecule has 2 aliphatic rings. The second-order valence-electron chi connectivity index (χ2n) is 6.72. The molecule has 1 atom stereocenters. The topological polar surface area (TPSA) is 103 Å². The Morgan fingerprint density at radius 2 is 1.78 bits per heavy atom. The summed E-state index contributed by atoms with van der Waals surface area (Å²) in [6.45, 7) is 3.68. The van der Waals surface area contributed by atoms with Crippen LogP contribution in [-0.2, 0) is 16.5 Å². The normalized spacial score (nSPS) is 23.0. The van der Waals surface area contributed by atoms with Gasteiger partial charge in [-0.1, -0.05) is 0 Å². The number of morpholine rings is 2. The summed E-state index contributed by atoms with van der Waals surface area (Å²) in [4.78, 5) is 32.8. The largest absolute Gasteiger partial charge is 0.448 e. The van der Waals surface area contributed by atoms with E-state index in [0.29, 0.717) is 37.6 Å². The lowest BCUT2D eigenvalue weighted by Gasteiger charge is -2.47. The molecule has 0 aliphatic carbocycles. The molecule has 0 bridgehead atoms. The number of rotatable bonds is 2. The molecule has 0 saturated carbocycles. The van der Waals surface area contributed by atoms with Crippen LogP contribution in [0, 0.1) is 6.92 Å². The fourth-order valence-electron chi connectivity index (χ4n) is 3.42. The minimum atomic E-state index is -1.04. The van der Waals surface area contributed by atoms with Crippen molar-refractivity contribution in [3.8, 4) is 0 Å². The van der Waals surface area contributed by atoms with Gasteiger partial charge in [-0.25, -0.2) is 4.98 Å². The predicted molar refractivity (Wildman–Crippen MR) is 90.9 cm³/mol. The highest BCUT2D eigenvalue weighted by Gasteiger charge is 2.45. The van der Waals surface area contributed by atoms with Crippen LogP contribution >= 0.6 is 0 Å². The third-order valence-corrected chi connectivity index (χ3v) is 4.79. The first kappa shape index (κ1) is 17.7. The molecule has 10 heteroatoms. The van der Waals surface area contributed by atoms with E-state index in [2.05, 4.69) is 10.1 Å². The summed E-state index contributed by atoms with van der Waals surface area (Å²) in [6, 6.07) is 0. The zero-order valence-corrected chi connectivity index (χ0v) is 15.3. The molecule has 2 fully saturated rings. The van der Waals surface area contributed by atoms with Gasteiger partial charge in [0.05, 0.1) is 38.1 Å². The van der Waals surface area contributed by atoms with Gasteiger partial charge >= 0.3 is 0 Å². The average molecular weight is 375 g/mol. The Morgan fingerprint density at radius 3 is 2.33 bits per heavy atom. The van der Waals surface area contributed by atoms with Crippen LogP contribution in [0.3, 0.4) is 0 Å². The van der Waals surface area contributed by atoms with Crippen LogP contribution in [0.25, 0.3) is 0 Å². The van der Waals surface area contributed by atoms with Gasteiger partial charge in [0.1, 0.15) is 5.76 Å². The van der Waals surface area contributed by atoms with Gasteiger partial charge in [0, 0.05) is 26.3 Å². The third-order valence-electron chi connectivity index (χ3n) is 4.79. The Balaban J connectivity index is 1.49. The number of hydrogen-bond acceptors (Lipinski definition) is 7. The number of nitrogens with zero attached hydrogens (tertiary/aromatic N) is 5. The number of aryl methyl sites for hydroxylation is 2. The Morgan fingerprint density at radius 1 is 1.11 bits per heavy atom. The summed E-state index contributed by atoms with van der Waals surface area (Å²) in [7, 11) is 1.76. The number of carbonyl (C=O) groups is 2. The van der Waals surface area contributed by atoms with Gasteiger partial charge in [-0.05, 0) is 6.92 Å². The summed E-state index contributed by atoms with van der Waals surface area (Å²) < 4.78 is 18.5. The zero-order chi connectivity index (χ0) is 19.0. The second kappa shape index (κ2) is 6.78. The fraction of sp³-hybridized carbons (Fsp3) is 0.529. The molecule has 2 aromatic heterocycles. The molecule has 0 radical (unpaired) electrons. The number of ether oxygens (including phenoxy) is 2. The Hall–Kier alpha value is -2.72. The van der Waals surface area contributed by atoms with E-state index in [9.17, 15) is 9.59 Å². The third kappa shape index (κ3) is 3.33. The summed E-state index contributed by atoms with van der Waals surface area (Å²) in [5.41, 5.74) is 0.794. The van der Waals surface area contributed by atoms with Crippen molar-refractivity contribution < 1.29 is 23.5 Å². The Labute approximate surface area is 155 Å². The van der Waals surface area contributed by atoms with E-state index in [1.807, 2.05) is 0 Å². The smallest absolute Gasteiger partial charge is 0.276 e. The van der Waals surface area contributed by atoms with Crippen LogP contribution in [0.15, 0.2) is 23.2 Å². The van der Waals surface area contributed by atoms with Crippen molar-refractivity contribution in [3.63, 3.8) is 0 Å². The van der Waals surface area contributed by atoms with E-state index in [0.717, 1.165) is 0 Å². The highest BCUT2D eigenvalue weighted by Crippen LogP contribution is 2.26. The summed E-state index contributed by atoms with van der Waals surface area (Å²) >= 11 is 0. The van der Waals surface area contributed by atoms with Crippen molar-refractivity contribution in [1.29, 1.82) is 0 Å². The second-order valence-corrected chi connectivity index (χ2v) is 6.72. The monoisotopic (exact) mass is 375 g/mol. The molecule has 2 aliphatic heterocycles. The molecule has 144 valence electrons. The lowest BCUT2D eigenvalue weighted by Crippen LogP contribution is -2.63. The summed E-state index contributed by atoms with van der Waals surface area (Å²) in [6.07, 6.45) is 4.47. The van der Waals surface area contributed by atoms with Crippen molar-refractivity contribution in [2.75, 3.05) is 39.4 Å². The predicted octanol–water partition coefficient (Wildman–Crippen LogP) is 0.0578. The maximum Gasteiger partial charge on any atom is 0.276 e. The number of oxazole rings is 1. The molecule has 1 spiro atoms. The van der Waals surface area contributed by atoms with E-state index in [4.69, 9.17) is 13.9 Å². The zero-order valence-electron chi connectivity index (χ0n) is 15.3. The van der Waals surface area contributed by atoms with Gasteiger partial charge in [0.2, 0.25) is 5.79 Å². The average Bonchev–Trinajstić information content (AvgIpc) is 3.29. The fourth-order valence-corrected chi connectivity index (χ4v) is 3.42. The highest BCUT2D eigenvalue weighted by atomic mass is 16.7. The minimum absolute atomic E-state index is 0.134. The summed E-state index contributed by atoms with van der Waals surface area (Å²) in [5.74, 6) is -0.936. The van der Waals surface area contributed by atoms with Gasteiger partial charge in [0.25, 0.3) is 11.8 Å². The molecule has 10 nitrogen and oxygen atoms in total. The Bertz CT molecular complexity index is 858. The van der Waals surface area contributed by atoms with Crippen molar-refractivity contribution in [1.82, 2.24) is 24.6 Å². The van der Waals surface area contributed by atoms with Gasteiger partial charge in [-0.2, -0.15) is 5.10 Å². The van der Waals surface area contributed by atoms with Crippen LogP contribution in [0.2, 0.25) is 0 Å². The first-order valence-electron chi connectivity index (χ1n) is 8.73. The maximum atomic E-state index is 12.7. The Kier molecular flexibility index (Phi) is 4.44. The highest BCUT2D eigenvalue weighted by molar-refractivity contribution is 5.94. The first-order valence-corrected chi connectivity index (χ1v) is 8.73. The van der Waals surface area contributed by atoms with Gasteiger partial charge in [0.15, 0.2) is 12.1 Å². The molecule has 2 saturated heterocycles. The van der Waals surface area contributed by atoms with Crippen LogP contribution in [0.4, 0.5) is 0 Å². The van der Waals surface area contributed by atoms with Crippen molar-refractivity contribution in [2.45, 2.75) is 12.7 Å². The van der Waals surface area contributed by atoms with Crippen LogP contribution in [0.5, 0.6) is 0 Å². The maximum absolute atomic E-state index is 12.7. The molecule has 27 heavy (non-hydrogen) atoms. The molecule has 0 aromatic carbocycles. The molecule has 1 unspecified atom stereocenters. The first-order chi connectivity index (χ1) is 13.0. The number of carbonyl (C=O) groups excluding carboxylic acids is 2. The lowest BCUT2D eigenvalue weighted by molar-refractivity contribution is -0.282. The quantitative estimate of drug-likeness (QED) is 0.731. The number of aromatic nitrogens is 3. The number of hydrogen-bond donors (Lipinski definition) is 0. The molecule has 2 amide bonds. The van der Waals surface area contributed by atoms with Gasteiger partial charge in [-0.15, -0.1) is 0 Å². The SMILES string of the molecule is Cc1ocnc1C(=O)N1CCOC2(CN(C(=O)c3cnn(C)c3)CCO2)C1. The molecule has 4 rings (SSSR count). The standard InChI is InChI=1S/C17H21N5O5/c1-12-14(18-11-25-12)16(24)22-4-6-27-17(10-22)9-21(3-5-26-17)15(23)13-7-19-20(2)8-13/h7-8,11H,3-6,9-10H2,1-2H3. The minimum Gasteiger partial charge on any atom is -0.448 e. The molecular weight excluding hydrogens is 354 g/mol. The van der Waals surface area contributed by atoms with Crippen LogP contribution in [0.1, 0.15) is 26.6 Å². The van der Waals surface area contributed by atoms with Gasteiger partial charge < -0.3 is 23.7 Å². The molecular formula is C17H21N5O5. The lowest BCUT2D eigenvalue weighted by atomic mass is 10.1. The molecule has 4 heterocycles. The van der Waals surface area contributed by atoms with E-state index in [-0.39, 0.29) is 30.6 Å². The summed E-state index contributed by atoms with van der Waals surface area (Å²) in [5, 5.41) is 4.05.